The molecule has 0 spiro atoms. The lowest BCUT2D eigenvalue weighted by atomic mass is 10.0. The van der Waals surface area contributed by atoms with Crippen molar-refractivity contribution in [1.82, 2.24) is 4.57 Å². The average Bonchev–Trinajstić information content (AvgIpc) is 2.73. The van der Waals surface area contributed by atoms with Gasteiger partial charge in [-0.05, 0) is 11.6 Å². The fourth-order valence-corrected chi connectivity index (χ4v) is 2.04. The number of aromatic nitrogens is 1. The van der Waals surface area contributed by atoms with Crippen molar-refractivity contribution in [3.05, 3.63) is 46.5 Å². The third kappa shape index (κ3) is 2.17. The summed E-state index contributed by atoms with van der Waals surface area (Å²) in [4.78, 5) is 2.57. The van der Waals surface area contributed by atoms with Gasteiger partial charge < -0.3 is 14.8 Å². The molecule has 18 heavy (non-hydrogen) atoms. The van der Waals surface area contributed by atoms with Gasteiger partial charge in [0.05, 0.1) is 12.6 Å². The third-order valence-electron chi connectivity index (χ3n) is 2.94. The van der Waals surface area contributed by atoms with Crippen LogP contribution >= 0.6 is 0 Å². The molecule has 6 nitrogen and oxygen atoms in total. The number of benzene rings is 1. The van der Waals surface area contributed by atoms with Gasteiger partial charge in [0.15, 0.2) is 0 Å². The molecule has 0 aliphatic heterocycles. The summed E-state index contributed by atoms with van der Waals surface area (Å²) >= 11 is 0. The number of hydrogen-bond donors (Lipinski definition) is 2. The van der Waals surface area contributed by atoms with E-state index in [1.807, 2.05) is 35.9 Å². The van der Waals surface area contributed by atoms with E-state index < -0.39 is 12.2 Å². The van der Waals surface area contributed by atoms with Gasteiger partial charge in [-0.2, -0.15) is 0 Å². The van der Waals surface area contributed by atoms with Gasteiger partial charge in [0.1, 0.15) is 6.10 Å². The fourth-order valence-electron chi connectivity index (χ4n) is 2.04. The molecule has 2 rings (SSSR count). The molecule has 2 atom stereocenters. The van der Waals surface area contributed by atoms with Crippen LogP contribution in [-0.2, 0) is 7.05 Å². The first-order valence-electron chi connectivity index (χ1n) is 5.56. The summed E-state index contributed by atoms with van der Waals surface area (Å²) in [6.45, 7) is -0.152. The zero-order chi connectivity index (χ0) is 13.1. The Balaban J connectivity index is 2.38. The lowest BCUT2D eigenvalue weighted by Gasteiger charge is -2.15. The highest BCUT2D eigenvalue weighted by Gasteiger charge is 2.21. The lowest BCUT2D eigenvalue weighted by Crippen LogP contribution is -2.20. The molecule has 1 aromatic heterocycles. The normalized spacial score (nSPS) is 14.2. The van der Waals surface area contributed by atoms with Crippen molar-refractivity contribution >= 4 is 10.9 Å². The zero-order valence-electron chi connectivity index (χ0n) is 9.93. The van der Waals surface area contributed by atoms with E-state index in [9.17, 15) is 10.2 Å². The molecule has 0 bridgehead atoms. The Kier molecular flexibility index (Phi) is 3.53. The summed E-state index contributed by atoms with van der Waals surface area (Å²) in [7, 11) is 1.87. The van der Waals surface area contributed by atoms with E-state index >= 15 is 0 Å². The van der Waals surface area contributed by atoms with Crippen LogP contribution in [-0.4, -0.2) is 27.4 Å². The largest absolute Gasteiger partial charge is 0.390 e. The predicted molar refractivity (Wildman–Crippen MR) is 67.9 cm³/mol. The van der Waals surface area contributed by atoms with Crippen LogP contribution in [0, 0.1) is 0 Å². The van der Waals surface area contributed by atoms with Crippen molar-refractivity contribution < 1.29 is 10.2 Å². The second-order valence-corrected chi connectivity index (χ2v) is 4.14. The van der Waals surface area contributed by atoms with Crippen LogP contribution in [0.15, 0.2) is 35.6 Å². The second-order valence-electron chi connectivity index (χ2n) is 4.14. The van der Waals surface area contributed by atoms with Crippen LogP contribution in [0.5, 0.6) is 0 Å². The van der Waals surface area contributed by atoms with E-state index in [1.54, 1.807) is 6.20 Å². The fraction of sp³-hybridized carbons (Fsp3) is 0.333. The molecule has 94 valence electrons. The monoisotopic (exact) mass is 246 g/mol. The van der Waals surface area contributed by atoms with Gasteiger partial charge in [0, 0.05) is 34.6 Å². The van der Waals surface area contributed by atoms with Crippen molar-refractivity contribution in [3.63, 3.8) is 0 Å². The SMILES string of the molecule is Cn1cc(C(O)C(O)CN=[N+]=[N-])c2ccccc21. The standard InChI is InChI=1S/C12H14N4O2/c1-16-7-9(8-4-2-3-5-10(8)16)12(18)11(17)6-14-15-13/h2-5,7,11-12,17-18H,6H2,1H3. The van der Waals surface area contributed by atoms with Crippen molar-refractivity contribution in [2.45, 2.75) is 12.2 Å². The molecule has 0 fully saturated rings. The Labute approximate surface area is 104 Å². The van der Waals surface area contributed by atoms with Gasteiger partial charge >= 0.3 is 0 Å². The summed E-state index contributed by atoms with van der Waals surface area (Å²) in [5.41, 5.74) is 9.81. The maximum Gasteiger partial charge on any atom is 0.107 e. The number of aliphatic hydroxyl groups is 2. The number of fused-ring (bicyclic) bond motifs is 1. The Bertz CT molecular complexity index is 601. The Morgan fingerprint density at radius 3 is 2.83 bits per heavy atom. The highest BCUT2D eigenvalue weighted by Crippen LogP contribution is 2.27. The molecule has 0 saturated carbocycles. The minimum atomic E-state index is -1.10. The molecule has 1 aromatic carbocycles. The van der Waals surface area contributed by atoms with Crippen LogP contribution in [0.4, 0.5) is 0 Å². The summed E-state index contributed by atoms with van der Waals surface area (Å²) in [6, 6.07) is 7.60. The Morgan fingerprint density at radius 2 is 2.11 bits per heavy atom. The molecule has 0 aliphatic rings. The Hall–Kier alpha value is -2.01. The summed E-state index contributed by atoms with van der Waals surface area (Å²) in [6.07, 6.45) is -0.400. The molecule has 0 amide bonds. The van der Waals surface area contributed by atoms with Crippen LogP contribution in [0.2, 0.25) is 0 Å². The molecular weight excluding hydrogens is 232 g/mol. The first kappa shape index (κ1) is 12.4. The highest BCUT2D eigenvalue weighted by atomic mass is 16.3. The van der Waals surface area contributed by atoms with Gasteiger partial charge in [-0.15, -0.1) is 0 Å². The first-order chi connectivity index (χ1) is 8.65. The third-order valence-corrected chi connectivity index (χ3v) is 2.94. The smallest absolute Gasteiger partial charge is 0.107 e. The van der Waals surface area contributed by atoms with E-state index in [4.69, 9.17) is 5.53 Å². The predicted octanol–water partition coefficient (Wildman–Crippen LogP) is 1.88. The van der Waals surface area contributed by atoms with Gasteiger partial charge in [-0.25, -0.2) is 0 Å². The first-order valence-corrected chi connectivity index (χ1v) is 5.56. The van der Waals surface area contributed by atoms with E-state index in [2.05, 4.69) is 10.0 Å². The average molecular weight is 246 g/mol. The van der Waals surface area contributed by atoms with E-state index in [-0.39, 0.29) is 6.54 Å². The maximum atomic E-state index is 10.1. The second kappa shape index (κ2) is 5.10. The molecule has 2 unspecified atom stereocenters. The molecule has 0 radical (unpaired) electrons. The minimum absolute atomic E-state index is 0.152. The van der Waals surface area contributed by atoms with Gasteiger partial charge in [-0.3, -0.25) is 0 Å². The van der Waals surface area contributed by atoms with Crippen molar-refractivity contribution in [3.8, 4) is 0 Å². The molecule has 2 aromatic rings. The van der Waals surface area contributed by atoms with E-state index in [0.29, 0.717) is 5.56 Å². The number of hydrogen-bond acceptors (Lipinski definition) is 3. The minimum Gasteiger partial charge on any atom is -0.390 e. The summed E-state index contributed by atoms with van der Waals surface area (Å²) in [5, 5.41) is 24.0. The molecule has 1 heterocycles. The number of para-hydroxylation sites is 1. The van der Waals surface area contributed by atoms with E-state index in [1.165, 1.54) is 0 Å². The number of aliphatic hydroxyl groups excluding tert-OH is 2. The van der Waals surface area contributed by atoms with Crippen molar-refractivity contribution in [1.29, 1.82) is 0 Å². The summed E-state index contributed by atoms with van der Waals surface area (Å²) in [5.74, 6) is 0. The number of nitrogens with zero attached hydrogens (tertiary/aromatic N) is 4. The number of azide groups is 1. The van der Waals surface area contributed by atoms with Gasteiger partial charge in [-0.1, -0.05) is 23.3 Å². The molecule has 0 saturated heterocycles. The zero-order valence-corrected chi connectivity index (χ0v) is 9.93. The molecule has 2 N–H and O–H groups in total. The lowest BCUT2D eigenvalue weighted by molar-refractivity contribution is 0.0252. The van der Waals surface area contributed by atoms with Crippen LogP contribution < -0.4 is 0 Å². The van der Waals surface area contributed by atoms with Crippen LogP contribution in [0.25, 0.3) is 21.3 Å². The quantitative estimate of drug-likeness (QED) is 0.489. The van der Waals surface area contributed by atoms with Crippen LogP contribution in [0.1, 0.15) is 11.7 Å². The van der Waals surface area contributed by atoms with Crippen LogP contribution in [0.3, 0.4) is 0 Å². The number of aryl methyl sites for hydroxylation is 1. The van der Waals surface area contributed by atoms with Crippen molar-refractivity contribution in [2.24, 2.45) is 12.2 Å². The highest BCUT2D eigenvalue weighted by molar-refractivity contribution is 5.84. The van der Waals surface area contributed by atoms with Gasteiger partial charge in [0.25, 0.3) is 0 Å². The summed E-state index contributed by atoms with van der Waals surface area (Å²) < 4.78 is 1.88. The molecule has 6 heteroatoms. The maximum absolute atomic E-state index is 10.1. The van der Waals surface area contributed by atoms with E-state index in [0.717, 1.165) is 10.9 Å². The Morgan fingerprint density at radius 1 is 1.39 bits per heavy atom. The van der Waals surface area contributed by atoms with Gasteiger partial charge in [0.2, 0.25) is 0 Å². The topological polar surface area (TPSA) is 94.1 Å². The number of rotatable bonds is 4. The van der Waals surface area contributed by atoms with Crippen molar-refractivity contribution in [2.75, 3.05) is 6.54 Å². The molecule has 0 aliphatic carbocycles. The molecular formula is C12H14N4O2.